The van der Waals surface area contributed by atoms with Crippen LogP contribution in [0.1, 0.15) is 25.0 Å². The number of nitrogens with zero attached hydrogens (tertiary/aromatic N) is 1. The summed E-state index contributed by atoms with van der Waals surface area (Å²) in [4.78, 5) is 26.2. The number of amides is 2. The van der Waals surface area contributed by atoms with Crippen LogP contribution >= 0.6 is 12.4 Å². The Kier molecular flexibility index (Phi) is 9.62. The predicted octanol–water partition coefficient (Wildman–Crippen LogP) is 2.88. The molecule has 0 saturated carbocycles. The van der Waals surface area contributed by atoms with Crippen molar-refractivity contribution in [3.63, 3.8) is 0 Å². The maximum Gasteiger partial charge on any atom is 0.242 e. The van der Waals surface area contributed by atoms with Gasteiger partial charge in [-0.1, -0.05) is 62.4 Å². The summed E-state index contributed by atoms with van der Waals surface area (Å²) in [5.41, 5.74) is 7.15. The summed E-state index contributed by atoms with van der Waals surface area (Å²) in [6, 6.07) is 15.1. The number of carbonyl (C=O) groups excluding carboxylic acids is 2. The number of hydrogen-bond acceptors (Lipinski definition) is 3. The number of benzene rings is 2. The highest BCUT2D eigenvalue weighted by Gasteiger charge is 2.20. The Balaban J connectivity index is 0.00000392. The summed E-state index contributed by atoms with van der Waals surface area (Å²) in [6.45, 7) is 3.94. The molecule has 5 nitrogen and oxygen atoms in total. The van der Waals surface area contributed by atoms with Crippen LogP contribution in [0.4, 0.5) is 4.39 Å². The molecule has 152 valence electrons. The van der Waals surface area contributed by atoms with Crippen molar-refractivity contribution in [1.82, 2.24) is 10.2 Å². The van der Waals surface area contributed by atoms with Crippen molar-refractivity contribution >= 4 is 24.2 Å². The Labute approximate surface area is 171 Å². The molecule has 0 radical (unpaired) electrons. The standard InChI is InChI=1S/C21H26FN3O2.ClH/c1-15(2)20(23)21(27)24-12-19(26)25(13-16-8-4-3-5-9-16)14-17-10-6-7-11-18(17)22;/h3-11,15,20H,12-14,23H2,1-2H3,(H,24,27);1H/t20-;/m0./s1. The number of halogens is 2. The molecule has 0 aliphatic rings. The Morgan fingerprint density at radius 1 is 1.04 bits per heavy atom. The number of carbonyl (C=O) groups is 2. The smallest absolute Gasteiger partial charge is 0.242 e. The molecule has 0 bridgehead atoms. The van der Waals surface area contributed by atoms with Gasteiger partial charge in [0.15, 0.2) is 0 Å². The van der Waals surface area contributed by atoms with Crippen LogP contribution in [0.2, 0.25) is 0 Å². The minimum atomic E-state index is -0.674. The average molecular weight is 408 g/mol. The molecule has 0 spiro atoms. The Morgan fingerprint density at radius 2 is 1.64 bits per heavy atom. The van der Waals surface area contributed by atoms with Crippen LogP contribution in [0.25, 0.3) is 0 Å². The molecule has 0 unspecified atom stereocenters. The van der Waals surface area contributed by atoms with Gasteiger partial charge in [-0.15, -0.1) is 12.4 Å². The van der Waals surface area contributed by atoms with E-state index in [2.05, 4.69) is 5.32 Å². The number of rotatable bonds is 8. The molecule has 28 heavy (non-hydrogen) atoms. The fraction of sp³-hybridized carbons (Fsp3) is 0.333. The zero-order chi connectivity index (χ0) is 19.8. The maximum absolute atomic E-state index is 14.0. The zero-order valence-corrected chi connectivity index (χ0v) is 16.9. The van der Waals surface area contributed by atoms with Crippen molar-refractivity contribution in [2.75, 3.05) is 6.54 Å². The van der Waals surface area contributed by atoms with Crippen molar-refractivity contribution in [2.24, 2.45) is 11.7 Å². The third-order valence-electron chi connectivity index (χ3n) is 4.32. The lowest BCUT2D eigenvalue weighted by atomic mass is 10.1. The highest BCUT2D eigenvalue weighted by molar-refractivity contribution is 5.87. The molecular weight excluding hydrogens is 381 g/mol. The quantitative estimate of drug-likeness (QED) is 0.706. The largest absolute Gasteiger partial charge is 0.346 e. The fourth-order valence-electron chi connectivity index (χ4n) is 2.56. The molecule has 2 aromatic rings. The van der Waals surface area contributed by atoms with Gasteiger partial charge in [0.2, 0.25) is 11.8 Å². The van der Waals surface area contributed by atoms with Crippen LogP contribution in [0, 0.1) is 11.7 Å². The Bertz CT molecular complexity index is 771. The van der Waals surface area contributed by atoms with E-state index in [1.165, 1.54) is 11.0 Å². The van der Waals surface area contributed by atoms with Crippen molar-refractivity contribution < 1.29 is 14.0 Å². The monoisotopic (exact) mass is 407 g/mol. The van der Waals surface area contributed by atoms with Gasteiger partial charge < -0.3 is 16.0 Å². The number of hydrogen-bond donors (Lipinski definition) is 2. The van der Waals surface area contributed by atoms with Crippen molar-refractivity contribution in [2.45, 2.75) is 33.0 Å². The van der Waals surface area contributed by atoms with Gasteiger partial charge in [-0.2, -0.15) is 0 Å². The summed E-state index contributed by atoms with van der Waals surface area (Å²) in [6.07, 6.45) is 0. The predicted molar refractivity (Wildman–Crippen MR) is 110 cm³/mol. The third-order valence-corrected chi connectivity index (χ3v) is 4.32. The van der Waals surface area contributed by atoms with Crippen LogP contribution < -0.4 is 11.1 Å². The molecule has 0 aliphatic carbocycles. The molecule has 3 N–H and O–H groups in total. The Hall–Kier alpha value is -2.44. The number of nitrogens with two attached hydrogens (primary N) is 1. The highest BCUT2D eigenvalue weighted by atomic mass is 35.5. The molecule has 2 aromatic carbocycles. The van der Waals surface area contributed by atoms with Crippen LogP contribution in [0.3, 0.4) is 0 Å². The normalized spacial score (nSPS) is 11.5. The van der Waals surface area contributed by atoms with Gasteiger partial charge in [-0.25, -0.2) is 4.39 Å². The van der Waals surface area contributed by atoms with Gasteiger partial charge in [0.05, 0.1) is 12.6 Å². The van der Waals surface area contributed by atoms with Crippen LogP contribution in [0.15, 0.2) is 54.6 Å². The molecule has 0 saturated heterocycles. The van der Waals surface area contributed by atoms with Gasteiger partial charge in [0.25, 0.3) is 0 Å². The molecular formula is C21H27ClFN3O2. The molecule has 0 fully saturated rings. The summed E-state index contributed by atoms with van der Waals surface area (Å²) in [7, 11) is 0. The van der Waals surface area contributed by atoms with Gasteiger partial charge in [-0.3, -0.25) is 9.59 Å². The molecule has 1 atom stereocenters. The fourth-order valence-corrected chi connectivity index (χ4v) is 2.56. The van der Waals surface area contributed by atoms with E-state index in [4.69, 9.17) is 5.73 Å². The second-order valence-corrected chi connectivity index (χ2v) is 6.81. The molecule has 0 aliphatic heterocycles. The van der Waals surface area contributed by atoms with E-state index < -0.39 is 6.04 Å². The van der Waals surface area contributed by atoms with Gasteiger partial charge in [-0.05, 0) is 17.5 Å². The average Bonchev–Trinajstić information content (AvgIpc) is 2.67. The van der Waals surface area contributed by atoms with Crippen molar-refractivity contribution in [3.05, 3.63) is 71.5 Å². The summed E-state index contributed by atoms with van der Waals surface area (Å²) < 4.78 is 14.0. The number of nitrogens with one attached hydrogen (secondary N) is 1. The first-order chi connectivity index (χ1) is 12.9. The first-order valence-corrected chi connectivity index (χ1v) is 8.97. The summed E-state index contributed by atoms with van der Waals surface area (Å²) in [5.74, 6) is -1.07. The van der Waals surface area contributed by atoms with Crippen molar-refractivity contribution in [1.29, 1.82) is 0 Å². The first-order valence-electron chi connectivity index (χ1n) is 8.97. The lowest BCUT2D eigenvalue weighted by molar-refractivity contribution is -0.134. The second-order valence-electron chi connectivity index (χ2n) is 6.81. The highest BCUT2D eigenvalue weighted by Crippen LogP contribution is 2.13. The van der Waals surface area contributed by atoms with Gasteiger partial charge in [0, 0.05) is 18.7 Å². The lowest BCUT2D eigenvalue weighted by Gasteiger charge is -2.24. The van der Waals surface area contributed by atoms with Crippen LogP contribution in [0.5, 0.6) is 0 Å². The molecule has 2 rings (SSSR count). The van der Waals surface area contributed by atoms with E-state index in [0.29, 0.717) is 12.1 Å². The minimum absolute atomic E-state index is 0. The first kappa shape index (κ1) is 23.6. The lowest BCUT2D eigenvalue weighted by Crippen LogP contribution is -2.47. The van der Waals surface area contributed by atoms with Crippen LogP contribution in [-0.2, 0) is 22.7 Å². The van der Waals surface area contributed by atoms with Crippen molar-refractivity contribution in [3.8, 4) is 0 Å². The van der Waals surface area contributed by atoms with E-state index in [-0.39, 0.29) is 49.0 Å². The molecule has 2 amide bonds. The Morgan fingerprint density at radius 3 is 2.25 bits per heavy atom. The van der Waals surface area contributed by atoms with E-state index >= 15 is 0 Å². The van der Waals surface area contributed by atoms with E-state index in [9.17, 15) is 14.0 Å². The second kappa shape index (κ2) is 11.4. The van der Waals surface area contributed by atoms with E-state index in [1.54, 1.807) is 18.2 Å². The van der Waals surface area contributed by atoms with Gasteiger partial charge >= 0.3 is 0 Å². The molecule has 7 heteroatoms. The van der Waals surface area contributed by atoms with E-state index in [1.807, 2.05) is 44.2 Å². The topological polar surface area (TPSA) is 75.4 Å². The zero-order valence-electron chi connectivity index (χ0n) is 16.1. The van der Waals surface area contributed by atoms with Gasteiger partial charge in [0.1, 0.15) is 5.82 Å². The minimum Gasteiger partial charge on any atom is -0.346 e. The molecule has 0 heterocycles. The van der Waals surface area contributed by atoms with Crippen LogP contribution in [-0.4, -0.2) is 29.3 Å². The SMILES string of the molecule is CC(C)[C@H](N)C(=O)NCC(=O)N(Cc1ccccc1)Cc1ccccc1F.Cl. The van der Waals surface area contributed by atoms with E-state index in [0.717, 1.165) is 5.56 Å². The summed E-state index contributed by atoms with van der Waals surface area (Å²) in [5, 5.41) is 2.58. The maximum atomic E-state index is 14.0. The summed E-state index contributed by atoms with van der Waals surface area (Å²) >= 11 is 0. The molecule has 0 aromatic heterocycles. The third kappa shape index (κ3) is 6.94.